The minimum absolute atomic E-state index is 0. The molecule has 1 aromatic carbocycles. The lowest BCUT2D eigenvalue weighted by molar-refractivity contribution is 0.0913. The first-order valence-electron chi connectivity index (χ1n) is 9.30. The number of amides is 1. The fourth-order valence-corrected chi connectivity index (χ4v) is 4.24. The molecule has 2 aliphatic heterocycles. The molecule has 0 spiro atoms. The van der Waals surface area contributed by atoms with Gasteiger partial charge in [0.05, 0.1) is 10.7 Å². The van der Waals surface area contributed by atoms with E-state index >= 15 is 0 Å². The minimum atomic E-state index is -0.205. The number of halogens is 2. The first kappa shape index (κ1) is 20.1. The maximum atomic E-state index is 12.7. The second-order valence-electron chi connectivity index (χ2n) is 7.59. The normalized spacial score (nSPS) is 23.9. The maximum Gasteiger partial charge on any atom is 0.291 e. The van der Waals surface area contributed by atoms with Crippen molar-refractivity contribution >= 4 is 29.9 Å². The Labute approximate surface area is 170 Å². The zero-order valence-corrected chi connectivity index (χ0v) is 17.1. The van der Waals surface area contributed by atoms with Crippen LogP contribution in [0.2, 0.25) is 5.02 Å². The molecule has 4 rings (SSSR count). The van der Waals surface area contributed by atoms with Gasteiger partial charge in [-0.2, -0.15) is 0 Å². The number of nitrogens with one attached hydrogen (secondary N) is 2. The molecule has 1 amide bonds. The highest BCUT2D eigenvalue weighted by Crippen LogP contribution is 2.27. The Morgan fingerprint density at radius 2 is 1.93 bits per heavy atom. The summed E-state index contributed by atoms with van der Waals surface area (Å²) in [6.45, 7) is 4.06. The summed E-state index contributed by atoms with van der Waals surface area (Å²) in [4.78, 5) is 17.3. The molecule has 2 saturated heterocycles. The van der Waals surface area contributed by atoms with Gasteiger partial charge in [0.1, 0.15) is 5.82 Å². The highest BCUT2D eigenvalue weighted by molar-refractivity contribution is 6.32. The van der Waals surface area contributed by atoms with Gasteiger partial charge in [0.25, 0.3) is 5.91 Å². The number of para-hydroxylation sites is 1. The van der Waals surface area contributed by atoms with Crippen LogP contribution >= 0.6 is 24.0 Å². The van der Waals surface area contributed by atoms with Crippen LogP contribution in [-0.2, 0) is 0 Å². The van der Waals surface area contributed by atoms with Crippen molar-refractivity contribution in [2.45, 2.75) is 63.6 Å². The molecule has 2 fully saturated rings. The SMILES string of the molecule is CC(C)c1nc(C(=O)NC2CC3CCC(C2)N3)nn1-c1ccccc1Cl.Cl. The third-order valence-electron chi connectivity index (χ3n) is 5.24. The molecule has 2 bridgehead atoms. The van der Waals surface area contributed by atoms with E-state index in [2.05, 4.69) is 20.7 Å². The second-order valence-corrected chi connectivity index (χ2v) is 8.00. The summed E-state index contributed by atoms with van der Waals surface area (Å²) in [5, 5.41) is 11.8. The number of hydrogen-bond donors (Lipinski definition) is 2. The van der Waals surface area contributed by atoms with Gasteiger partial charge in [-0.1, -0.05) is 37.6 Å². The molecule has 2 unspecified atom stereocenters. The van der Waals surface area contributed by atoms with Crippen molar-refractivity contribution in [3.8, 4) is 5.69 Å². The minimum Gasteiger partial charge on any atom is -0.346 e. The topological polar surface area (TPSA) is 71.8 Å². The van der Waals surface area contributed by atoms with Crippen molar-refractivity contribution in [3.63, 3.8) is 0 Å². The molecular weight excluding hydrogens is 385 g/mol. The number of carbonyl (C=O) groups is 1. The van der Waals surface area contributed by atoms with Crippen molar-refractivity contribution in [2.75, 3.05) is 0 Å². The van der Waals surface area contributed by atoms with Gasteiger partial charge in [-0.25, -0.2) is 9.67 Å². The van der Waals surface area contributed by atoms with Crippen LogP contribution in [0.1, 0.15) is 61.9 Å². The summed E-state index contributed by atoms with van der Waals surface area (Å²) in [5.41, 5.74) is 0.740. The van der Waals surface area contributed by atoms with E-state index in [9.17, 15) is 4.79 Å². The molecule has 146 valence electrons. The molecule has 27 heavy (non-hydrogen) atoms. The average molecular weight is 410 g/mol. The Morgan fingerprint density at radius 3 is 2.56 bits per heavy atom. The van der Waals surface area contributed by atoms with Crippen LogP contribution < -0.4 is 10.6 Å². The first-order valence-corrected chi connectivity index (χ1v) is 9.68. The number of nitrogens with zero attached hydrogens (tertiary/aromatic N) is 3. The molecule has 2 N–H and O–H groups in total. The van der Waals surface area contributed by atoms with E-state index in [0.29, 0.717) is 17.1 Å². The van der Waals surface area contributed by atoms with Gasteiger partial charge in [-0.15, -0.1) is 17.5 Å². The number of carbonyl (C=O) groups excluding carboxylic acids is 1. The highest BCUT2D eigenvalue weighted by Gasteiger charge is 2.34. The van der Waals surface area contributed by atoms with Crippen molar-refractivity contribution in [3.05, 3.63) is 40.9 Å². The van der Waals surface area contributed by atoms with Gasteiger partial charge >= 0.3 is 0 Å². The fraction of sp³-hybridized carbons (Fsp3) is 0.526. The van der Waals surface area contributed by atoms with E-state index in [1.807, 2.05) is 38.1 Å². The van der Waals surface area contributed by atoms with Crippen LogP contribution in [-0.4, -0.2) is 38.8 Å². The fourth-order valence-electron chi connectivity index (χ4n) is 4.02. The summed E-state index contributed by atoms with van der Waals surface area (Å²) >= 11 is 6.32. The van der Waals surface area contributed by atoms with Crippen LogP contribution in [0.3, 0.4) is 0 Å². The lowest BCUT2D eigenvalue weighted by atomic mass is 10.00. The molecule has 1 aromatic heterocycles. The molecular formula is C19H25Cl2N5O. The summed E-state index contributed by atoms with van der Waals surface area (Å²) in [6, 6.07) is 8.71. The Balaban J connectivity index is 0.00000210. The van der Waals surface area contributed by atoms with E-state index < -0.39 is 0 Å². The monoisotopic (exact) mass is 409 g/mol. The third-order valence-corrected chi connectivity index (χ3v) is 5.56. The summed E-state index contributed by atoms with van der Waals surface area (Å²) in [5.74, 6) is 0.854. The Bertz CT molecular complexity index is 810. The third kappa shape index (κ3) is 4.13. The first-order chi connectivity index (χ1) is 12.5. The van der Waals surface area contributed by atoms with Crippen molar-refractivity contribution < 1.29 is 4.79 Å². The number of fused-ring (bicyclic) bond motifs is 2. The Morgan fingerprint density at radius 1 is 1.26 bits per heavy atom. The number of rotatable bonds is 4. The van der Waals surface area contributed by atoms with E-state index in [1.54, 1.807) is 4.68 Å². The zero-order valence-electron chi connectivity index (χ0n) is 15.5. The molecule has 0 aliphatic carbocycles. The molecule has 2 aliphatic rings. The molecule has 8 heteroatoms. The molecule has 6 nitrogen and oxygen atoms in total. The average Bonchev–Trinajstić information content (AvgIpc) is 3.19. The lowest BCUT2D eigenvalue weighted by Crippen LogP contribution is -2.48. The number of hydrogen-bond acceptors (Lipinski definition) is 4. The molecule has 2 aromatic rings. The summed E-state index contributed by atoms with van der Waals surface area (Å²) in [6.07, 6.45) is 4.36. The second kappa shape index (κ2) is 8.17. The predicted molar refractivity (Wildman–Crippen MR) is 108 cm³/mol. The molecule has 2 atom stereocenters. The molecule has 0 saturated carbocycles. The number of piperidine rings is 1. The van der Waals surface area contributed by atoms with E-state index in [4.69, 9.17) is 11.6 Å². The van der Waals surface area contributed by atoms with Crippen LogP contribution in [0.5, 0.6) is 0 Å². The molecule has 0 radical (unpaired) electrons. The smallest absolute Gasteiger partial charge is 0.291 e. The quantitative estimate of drug-likeness (QED) is 0.810. The molecule has 3 heterocycles. The number of benzene rings is 1. The number of aromatic nitrogens is 3. The standard InChI is InChI=1S/C19H24ClN5O.ClH/c1-11(2)18-23-17(24-25(18)16-6-4-3-5-15(16)20)19(26)22-14-9-12-7-8-13(10-14)21-12;/h3-6,11-14,21H,7-10H2,1-2H3,(H,22,26);1H. The van der Waals surface area contributed by atoms with Crippen LogP contribution in [0, 0.1) is 0 Å². The van der Waals surface area contributed by atoms with Gasteiger partial charge < -0.3 is 10.6 Å². The largest absolute Gasteiger partial charge is 0.346 e. The van der Waals surface area contributed by atoms with Crippen molar-refractivity contribution in [1.82, 2.24) is 25.4 Å². The van der Waals surface area contributed by atoms with Gasteiger partial charge in [-0.05, 0) is 37.8 Å². The van der Waals surface area contributed by atoms with Gasteiger partial charge in [-0.3, -0.25) is 4.79 Å². The van der Waals surface area contributed by atoms with E-state index in [-0.39, 0.29) is 36.1 Å². The Kier molecular flexibility index (Phi) is 6.08. The van der Waals surface area contributed by atoms with E-state index in [1.165, 1.54) is 12.8 Å². The van der Waals surface area contributed by atoms with Crippen molar-refractivity contribution in [2.24, 2.45) is 0 Å². The van der Waals surface area contributed by atoms with Gasteiger partial charge in [0, 0.05) is 24.0 Å². The van der Waals surface area contributed by atoms with E-state index in [0.717, 1.165) is 24.4 Å². The van der Waals surface area contributed by atoms with Gasteiger partial charge in [0.2, 0.25) is 5.82 Å². The van der Waals surface area contributed by atoms with Crippen LogP contribution in [0.15, 0.2) is 24.3 Å². The summed E-state index contributed by atoms with van der Waals surface area (Å²) in [7, 11) is 0. The maximum absolute atomic E-state index is 12.7. The Hall–Kier alpha value is -1.63. The van der Waals surface area contributed by atoms with Crippen LogP contribution in [0.4, 0.5) is 0 Å². The van der Waals surface area contributed by atoms with Gasteiger partial charge in [0.15, 0.2) is 0 Å². The predicted octanol–water partition coefficient (Wildman–Crippen LogP) is 3.48. The van der Waals surface area contributed by atoms with Crippen LogP contribution in [0.25, 0.3) is 5.69 Å². The zero-order chi connectivity index (χ0) is 18.3. The van der Waals surface area contributed by atoms with Crippen molar-refractivity contribution in [1.29, 1.82) is 0 Å². The summed E-state index contributed by atoms with van der Waals surface area (Å²) < 4.78 is 1.69. The highest BCUT2D eigenvalue weighted by atomic mass is 35.5. The lowest BCUT2D eigenvalue weighted by Gasteiger charge is -2.29.